The summed E-state index contributed by atoms with van der Waals surface area (Å²) in [6.45, 7) is 1.52. The van der Waals surface area contributed by atoms with Gasteiger partial charge < -0.3 is 50.0 Å². The molecule has 168 valence electrons. The smallest absolute Gasteiger partial charge is 0.229 e. The van der Waals surface area contributed by atoms with Crippen LogP contribution < -0.4 is 9.47 Å². The lowest BCUT2D eigenvalue weighted by Crippen LogP contribution is -2.58. The van der Waals surface area contributed by atoms with E-state index in [0.717, 1.165) is 0 Å². The fourth-order valence-corrected chi connectivity index (χ4v) is 3.77. The number of phenols is 3. The van der Waals surface area contributed by atoms with Crippen LogP contribution in [0.5, 0.6) is 28.7 Å². The number of phenolic OH excluding ortho intramolecular Hbond substituents is 3. The monoisotopic (exact) mass is 436 g/mol. The second-order valence-corrected chi connectivity index (χ2v) is 7.78. The molecule has 1 saturated heterocycles. The van der Waals surface area contributed by atoms with Crippen LogP contribution in [0.25, 0.3) is 0 Å². The van der Waals surface area contributed by atoms with Crippen LogP contribution in [-0.4, -0.2) is 72.6 Å². The third kappa shape index (κ3) is 3.95. The third-order valence-electron chi connectivity index (χ3n) is 5.56. The number of aliphatic hydroxyl groups is 4. The first-order chi connectivity index (χ1) is 14.7. The molecule has 7 atom stereocenters. The summed E-state index contributed by atoms with van der Waals surface area (Å²) in [5, 5.41) is 70.0. The largest absolute Gasteiger partial charge is 0.507 e. The molecule has 2 aromatic carbocycles. The van der Waals surface area contributed by atoms with Gasteiger partial charge in [-0.1, -0.05) is 6.07 Å². The van der Waals surface area contributed by atoms with Crippen molar-refractivity contribution >= 4 is 0 Å². The number of rotatable bonds is 3. The number of hydrogen-bond donors (Lipinski definition) is 7. The Kier molecular flexibility index (Phi) is 5.58. The van der Waals surface area contributed by atoms with Gasteiger partial charge in [-0.3, -0.25) is 0 Å². The Morgan fingerprint density at radius 2 is 1.61 bits per heavy atom. The maximum absolute atomic E-state index is 10.5. The summed E-state index contributed by atoms with van der Waals surface area (Å²) in [5.41, 5.74) is 0.754. The highest BCUT2D eigenvalue weighted by molar-refractivity contribution is 5.52. The van der Waals surface area contributed by atoms with Gasteiger partial charge in [0.05, 0.1) is 12.2 Å². The summed E-state index contributed by atoms with van der Waals surface area (Å²) in [4.78, 5) is 0. The van der Waals surface area contributed by atoms with Crippen molar-refractivity contribution in [2.24, 2.45) is 0 Å². The van der Waals surface area contributed by atoms with Crippen molar-refractivity contribution < 1.29 is 50.0 Å². The minimum absolute atomic E-state index is 0.0538. The second kappa shape index (κ2) is 8.06. The molecule has 0 aliphatic carbocycles. The van der Waals surface area contributed by atoms with E-state index in [-0.39, 0.29) is 35.2 Å². The maximum Gasteiger partial charge on any atom is 0.229 e. The fraction of sp³-hybridized carbons (Fsp3) is 0.429. The average molecular weight is 436 g/mol. The predicted molar refractivity (Wildman–Crippen MR) is 104 cm³/mol. The molecule has 1 fully saturated rings. The van der Waals surface area contributed by atoms with Crippen molar-refractivity contribution in [2.45, 2.75) is 56.3 Å². The van der Waals surface area contributed by atoms with Crippen molar-refractivity contribution in [3.63, 3.8) is 0 Å². The van der Waals surface area contributed by atoms with Crippen LogP contribution in [0.15, 0.2) is 30.3 Å². The van der Waals surface area contributed by atoms with Crippen LogP contribution in [0.4, 0.5) is 0 Å². The van der Waals surface area contributed by atoms with Crippen molar-refractivity contribution in [3.8, 4) is 28.7 Å². The lowest BCUT2D eigenvalue weighted by Gasteiger charge is -2.39. The van der Waals surface area contributed by atoms with Crippen molar-refractivity contribution in [1.82, 2.24) is 0 Å². The van der Waals surface area contributed by atoms with E-state index in [1.54, 1.807) is 0 Å². The SMILES string of the molecule is CC1O[C@@H](Oc2cc(O)c3c(c2)O[C@H](c2ccc(O)c(O)c2)[C@@H](O)C3)C(O)[C@@H](O)[C@H]1O. The van der Waals surface area contributed by atoms with Crippen LogP contribution >= 0.6 is 0 Å². The lowest BCUT2D eigenvalue weighted by atomic mass is 9.94. The van der Waals surface area contributed by atoms with Gasteiger partial charge in [0.1, 0.15) is 41.7 Å². The summed E-state index contributed by atoms with van der Waals surface area (Å²) in [5.74, 6) is -0.609. The zero-order valence-corrected chi connectivity index (χ0v) is 16.5. The molecular formula is C21H24O10. The van der Waals surface area contributed by atoms with E-state index in [1.165, 1.54) is 37.3 Å². The molecule has 2 unspecified atom stereocenters. The van der Waals surface area contributed by atoms with Gasteiger partial charge >= 0.3 is 0 Å². The molecule has 0 spiro atoms. The fourth-order valence-electron chi connectivity index (χ4n) is 3.77. The molecule has 2 aromatic rings. The van der Waals surface area contributed by atoms with Crippen LogP contribution in [-0.2, 0) is 11.2 Å². The maximum atomic E-state index is 10.5. The summed E-state index contributed by atoms with van der Waals surface area (Å²) < 4.78 is 16.8. The van der Waals surface area contributed by atoms with E-state index in [0.29, 0.717) is 11.1 Å². The first kappa shape index (κ1) is 21.5. The number of aliphatic hydroxyl groups excluding tert-OH is 4. The zero-order chi connectivity index (χ0) is 22.4. The van der Waals surface area contributed by atoms with E-state index >= 15 is 0 Å². The van der Waals surface area contributed by atoms with Crippen molar-refractivity contribution in [2.75, 3.05) is 0 Å². The highest BCUT2D eigenvalue weighted by Gasteiger charge is 2.43. The number of ether oxygens (including phenoxy) is 3. The average Bonchev–Trinajstić information content (AvgIpc) is 2.73. The second-order valence-electron chi connectivity index (χ2n) is 7.78. The molecule has 4 rings (SSSR count). The Hall–Kier alpha value is -2.76. The molecule has 0 amide bonds. The molecule has 31 heavy (non-hydrogen) atoms. The summed E-state index contributed by atoms with van der Waals surface area (Å²) in [6.07, 6.45) is -8.25. The molecule has 10 nitrogen and oxygen atoms in total. The number of hydrogen-bond acceptors (Lipinski definition) is 10. The Bertz CT molecular complexity index is 963. The van der Waals surface area contributed by atoms with Gasteiger partial charge in [-0.15, -0.1) is 0 Å². The molecule has 10 heteroatoms. The van der Waals surface area contributed by atoms with Crippen LogP contribution in [0, 0.1) is 0 Å². The minimum Gasteiger partial charge on any atom is -0.507 e. The number of aromatic hydroxyl groups is 3. The van der Waals surface area contributed by atoms with E-state index < -0.39 is 42.9 Å². The van der Waals surface area contributed by atoms with Gasteiger partial charge in [0, 0.05) is 24.1 Å². The van der Waals surface area contributed by atoms with Crippen LogP contribution in [0.1, 0.15) is 24.2 Å². The van der Waals surface area contributed by atoms with Gasteiger partial charge in [0.15, 0.2) is 11.5 Å². The lowest BCUT2D eigenvalue weighted by molar-refractivity contribution is -0.268. The molecule has 2 aliphatic rings. The van der Waals surface area contributed by atoms with Gasteiger partial charge in [-0.2, -0.15) is 0 Å². The topological polar surface area (TPSA) is 169 Å². The molecule has 0 bridgehead atoms. The Morgan fingerprint density at radius 1 is 0.871 bits per heavy atom. The van der Waals surface area contributed by atoms with Crippen molar-refractivity contribution in [1.29, 1.82) is 0 Å². The third-order valence-corrected chi connectivity index (χ3v) is 5.56. The molecule has 2 aliphatic heterocycles. The van der Waals surface area contributed by atoms with Crippen LogP contribution in [0.2, 0.25) is 0 Å². The van der Waals surface area contributed by atoms with E-state index in [4.69, 9.17) is 14.2 Å². The number of benzene rings is 2. The summed E-state index contributed by atoms with van der Waals surface area (Å²) in [7, 11) is 0. The normalized spacial score (nSPS) is 32.7. The molecule has 2 heterocycles. The minimum atomic E-state index is -1.53. The Labute approximate surface area is 177 Å². The predicted octanol–water partition coefficient (Wildman–Crippen LogP) is 0.0468. The molecule has 7 N–H and O–H groups in total. The first-order valence-corrected chi connectivity index (χ1v) is 9.74. The highest BCUT2D eigenvalue weighted by atomic mass is 16.7. The van der Waals surface area contributed by atoms with Gasteiger partial charge in [-0.05, 0) is 24.6 Å². The van der Waals surface area contributed by atoms with E-state index in [2.05, 4.69) is 0 Å². The molecular weight excluding hydrogens is 412 g/mol. The molecule has 0 aromatic heterocycles. The van der Waals surface area contributed by atoms with Crippen LogP contribution in [0.3, 0.4) is 0 Å². The zero-order valence-electron chi connectivity index (χ0n) is 16.5. The summed E-state index contributed by atoms with van der Waals surface area (Å²) >= 11 is 0. The molecule has 0 saturated carbocycles. The van der Waals surface area contributed by atoms with Gasteiger partial charge in [0.25, 0.3) is 0 Å². The standard InChI is InChI=1S/C21H24O10/c1-8-17(26)18(27)19(28)21(29-8)30-10-5-13(23)11-7-15(25)20(31-16(11)6-10)9-2-3-12(22)14(24)4-9/h2-6,8,15,17-28H,7H2,1H3/t8?,15-,17-,18-,19?,20+,21-/m0/s1. The molecule has 0 radical (unpaired) electrons. The highest BCUT2D eigenvalue weighted by Crippen LogP contribution is 2.43. The Morgan fingerprint density at radius 3 is 2.32 bits per heavy atom. The van der Waals surface area contributed by atoms with E-state index in [1.807, 2.05) is 0 Å². The van der Waals surface area contributed by atoms with Gasteiger partial charge in [0.2, 0.25) is 6.29 Å². The van der Waals surface area contributed by atoms with Gasteiger partial charge in [-0.25, -0.2) is 0 Å². The van der Waals surface area contributed by atoms with E-state index in [9.17, 15) is 35.7 Å². The van der Waals surface area contributed by atoms with Crippen molar-refractivity contribution in [3.05, 3.63) is 41.5 Å². The first-order valence-electron chi connectivity index (χ1n) is 9.74. The Balaban J connectivity index is 1.59. The number of fused-ring (bicyclic) bond motifs is 1. The summed E-state index contributed by atoms with van der Waals surface area (Å²) in [6, 6.07) is 6.74. The quantitative estimate of drug-likeness (QED) is 0.326.